The van der Waals surface area contributed by atoms with E-state index in [2.05, 4.69) is 44.3 Å². The van der Waals surface area contributed by atoms with Crippen molar-refractivity contribution in [2.45, 2.75) is 39.8 Å². The van der Waals surface area contributed by atoms with E-state index in [1.54, 1.807) is 0 Å². The first-order valence-corrected chi connectivity index (χ1v) is 6.70. The number of hydrogen-bond acceptors (Lipinski definition) is 2. The summed E-state index contributed by atoms with van der Waals surface area (Å²) in [5.41, 5.74) is 3.82. The van der Waals surface area contributed by atoms with Crippen LogP contribution in [0.3, 0.4) is 0 Å². The van der Waals surface area contributed by atoms with Gasteiger partial charge in [-0.05, 0) is 37.0 Å². The zero-order chi connectivity index (χ0) is 13.1. The van der Waals surface area contributed by atoms with Gasteiger partial charge < -0.3 is 10.2 Å². The Labute approximate surface area is 109 Å². The van der Waals surface area contributed by atoms with Crippen molar-refractivity contribution in [3.8, 4) is 0 Å². The molecule has 1 heterocycles. The van der Waals surface area contributed by atoms with Crippen molar-refractivity contribution in [1.82, 2.24) is 10.2 Å². The molecule has 2 rings (SSSR count). The Hall–Kier alpha value is -1.35. The lowest BCUT2D eigenvalue weighted by molar-refractivity contribution is -0.136. The summed E-state index contributed by atoms with van der Waals surface area (Å²) in [7, 11) is 0. The molecule has 1 N–H and O–H groups in total. The maximum Gasteiger partial charge on any atom is 0.240 e. The third-order valence-electron chi connectivity index (χ3n) is 3.74. The van der Waals surface area contributed by atoms with Crippen molar-refractivity contribution in [1.29, 1.82) is 0 Å². The lowest BCUT2D eigenvalue weighted by Crippen LogP contribution is -2.54. The topological polar surface area (TPSA) is 32.3 Å². The summed E-state index contributed by atoms with van der Waals surface area (Å²) in [6, 6.07) is 6.45. The molecule has 1 aliphatic rings. The molecule has 1 amide bonds. The standard InChI is InChI=1S/C15H22N2O/c1-4-14-15(18)17(8-7-16-14)10-13-6-5-11(2)12(3)9-13/h5-6,9,14,16H,4,7-8,10H2,1-3H3. The molecule has 98 valence electrons. The molecule has 3 nitrogen and oxygen atoms in total. The number of hydrogen-bond donors (Lipinski definition) is 1. The van der Waals surface area contributed by atoms with E-state index in [-0.39, 0.29) is 11.9 Å². The van der Waals surface area contributed by atoms with Crippen LogP contribution < -0.4 is 5.32 Å². The largest absolute Gasteiger partial charge is 0.336 e. The predicted molar refractivity (Wildman–Crippen MR) is 73.4 cm³/mol. The molecule has 0 aliphatic carbocycles. The minimum Gasteiger partial charge on any atom is -0.336 e. The van der Waals surface area contributed by atoms with Crippen LogP contribution in [0.15, 0.2) is 18.2 Å². The van der Waals surface area contributed by atoms with E-state index in [1.165, 1.54) is 16.7 Å². The Balaban J connectivity index is 2.08. The van der Waals surface area contributed by atoms with Gasteiger partial charge in [0, 0.05) is 19.6 Å². The number of benzene rings is 1. The zero-order valence-electron chi connectivity index (χ0n) is 11.5. The predicted octanol–water partition coefficient (Wildman–Crippen LogP) is 2.01. The molecular formula is C15H22N2O. The molecule has 0 spiro atoms. The van der Waals surface area contributed by atoms with E-state index in [9.17, 15) is 4.79 Å². The van der Waals surface area contributed by atoms with Crippen LogP contribution in [0.25, 0.3) is 0 Å². The van der Waals surface area contributed by atoms with Crippen LogP contribution in [-0.2, 0) is 11.3 Å². The van der Waals surface area contributed by atoms with Gasteiger partial charge in [0.15, 0.2) is 0 Å². The average molecular weight is 246 g/mol. The molecule has 3 heteroatoms. The molecule has 1 fully saturated rings. The van der Waals surface area contributed by atoms with Crippen molar-refractivity contribution in [2.24, 2.45) is 0 Å². The van der Waals surface area contributed by atoms with Crippen molar-refractivity contribution in [3.05, 3.63) is 34.9 Å². The highest BCUT2D eigenvalue weighted by molar-refractivity contribution is 5.82. The Bertz CT molecular complexity index is 442. The zero-order valence-corrected chi connectivity index (χ0v) is 11.5. The summed E-state index contributed by atoms with van der Waals surface area (Å²) in [5, 5.41) is 3.26. The molecular weight excluding hydrogens is 224 g/mol. The summed E-state index contributed by atoms with van der Waals surface area (Å²) < 4.78 is 0. The second-order valence-electron chi connectivity index (χ2n) is 5.09. The monoisotopic (exact) mass is 246 g/mol. The summed E-state index contributed by atoms with van der Waals surface area (Å²) in [4.78, 5) is 14.1. The van der Waals surface area contributed by atoms with E-state index in [0.717, 1.165) is 26.1 Å². The van der Waals surface area contributed by atoms with Gasteiger partial charge in [-0.1, -0.05) is 25.1 Å². The van der Waals surface area contributed by atoms with Gasteiger partial charge in [0.2, 0.25) is 5.91 Å². The van der Waals surface area contributed by atoms with Gasteiger partial charge in [0.25, 0.3) is 0 Å². The van der Waals surface area contributed by atoms with Gasteiger partial charge in [-0.15, -0.1) is 0 Å². The molecule has 0 radical (unpaired) electrons. The quantitative estimate of drug-likeness (QED) is 0.885. The third kappa shape index (κ3) is 2.72. The Kier molecular flexibility index (Phi) is 4.02. The minimum absolute atomic E-state index is 0.00490. The van der Waals surface area contributed by atoms with Crippen LogP contribution in [-0.4, -0.2) is 29.9 Å². The van der Waals surface area contributed by atoms with Crippen LogP contribution in [0, 0.1) is 13.8 Å². The smallest absolute Gasteiger partial charge is 0.240 e. The number of nitrogens with one attached hydrogen (secondary N) is 1. The van der Waals surface area contributed by atoms with Crippen LogP contribution in [0.4, 0.5) is 0 Å². The lowest BCUT2D eigenvalue weighted by Gasteiger charge is -2.33. The van der Waals surface area contributed by atoms with Crippen molar-refractivity contribution < 1.29 is 4.79 Å². The van der Waals surface area contributed by atoms with E-state index in [4.69, 9.17) is 0 Å². The fourth-order valence-corrected chi connectivity index (χ4v) is 2.39. The van der Waals surface area contributed by atoms with E-state index < -0.39 is 0 Å². The Morgan fingerprint density at radius 3 is 2.78 bits per heavy atom. The normalized spacial score (nSPS) is 20.3. The maximum atomic E-state index is 12.2. The van der Waals surface area contributed by atoms with Gasteiger partial charge in [-0.25, -0.2) is 0 Å². The number of rotatable bonds is 3. The fourth-order valence-electron chi connectivity index (χ4n) is 2.39. The van der Waals surface area contributed by atoms with Crippen molar-refractivity contribution in [3.63, 3.8) is 0 Å². The molecule has 1 aliphatic heterocycles. The molecule has 0 bridgehead atoms. The molecule has 18 heavy (non-hydrogen) atoms. The van der Waals surface area contributed by atoms with Gasteiger partial charge in [-0.3, -0.25) is 4.79 Å². The third-order valence-corrected chi connectivity index (χ3v) is 3.74. The number of aryl methyl sites for hydroxylation is 2. The number of nitrogens with zero attached hydrogens (tertiary/aromatic N) is 1. The first-order valence-electron chi connectivity index (χ1n) is 6.70. The average Bonchev–Trinajstić information content (AvgIpc) is 2.36. The van der Waals surface area contributed by atoms with Gasteiger partial charge in [-0.2, -0.15) is 0 Å². The number of carbonyl (C=O) groups excluding carboxylic acids is 1. The minimum atomic E-state index is 0.00490. The second kappa shape index (κ2) is 5.53. The van der Waals surface area contributed by atoms with Crippen molar-refractivity contribution in [2.75, 3.05) is 13.1 Å². The molecule has 1 aromatic rings. The van der Waals surface area contributed by atoms with Gasteiger partial charge in [0.05, 0.1) is 6.04 Å². The van der Waals surface area contributed by atoms with Crippen LogP contribution in [0.5, 0.6) is 0 Å². The van der Waals surface area contributed by atoms with E-state index in [0.29, 0.717) is 0 Å². The highest BCUT2D eigenvalue weighted by Gasteiger charge is 2.26. The highest BCUT2D eigenvalue weighted by atomic mass is 16.2. The van der Waals surface area contributed by atoms with Crippen LogP contribution in [0.1, 0.15) is 30.0 Å². The lowest BCUT2D eigenvalue weighted by atomic mass is 10.0. The highest BCUT2D eigenvalue weighted by Crippen LogP contribution is 2.14. The summed E-state index contributed by atoms with van der Waals surface area (Å²) in [6.07, 6.45) is 0.863. The fraction of sp³-hybridized carbons (Fsp3) is 0.533. The number of piperazine rings is 1. The van der Waals surface area contributed by atoms with Crippen molar-refractivity contribution >= 4 is 5.91 Å². The molecule has 0 aromatic heterocycles. The molecule has 1 atom stereocenters. The second-order valence-corrected chi connectivity index (χ2v) is 5.09. The molecule has 1 unspecified atom stereocenters. The first-order chi connectivity index (χ1) is 8.61. The van der Waals surface area contributed by atoms with Crippen LogP contribution in [0.2, 0.25) is 0 Å². The summed E-state index contributed by atoms with van der Waals surface area (Å²) in [6.45, 7) is 8.72. The summed E-state index contributed by atoms with van der Waals surface area (Å²) in [5.74, 6) is 0.238. The van der Waals surface area contributed by atoms with Gasteiger partial charge in [0.1, 0.15) is 0 Å². The number of amides is 1. The first kappa shape index (κ1) is 13.1. The molecule has 1 saturated heterocycles. The summed E-state index contributed by atoms with van der Waals surface area (Å²) >= 11 is 0. The van der Waals surface area contributed by atoms with Crippen LogP contribution >= 0.6 is 0 Å². The van der Waals surface area contributed by atoms with Gasteiger partial charge >= 0.3 is 0 Å². The SMILES string of the molecule is CCC1NCCN(Cc2ccc(C)c(C)c2)C1=O. The Morgan fingerprint density at radius 2 is 2.11 bits per heavy atom. The van der Waals surface area contributed by atoms with E-state index >= 15 is 0 Å². The van der Waals surface area contributed by atoms with E-state index in [1.807, 2.05) is 4.90 Å². The molecule has 0 saturated carbocycles. The number of carbonyl (C=O) groups is 1. The Morgan fingerprint density at radius 1 is 1.33 bits per heavy atom. The molecule has 1 aromatic carbocycles. The maximum absolute atomic E-state index is 12.2.